The summed E-state index contributed by atoms with van der Waals surface area (Å²) in [6, 6.07) is 15.8. The zero-order valence-corrected chi connectivity index (χ0v) is 13.1. The molecule has 86 valence electrons. The second kappa shape index (κ2) is 6.29. The van der Waals surface area contributed by atoms with Crippen molar-refractivity contribution >= 4 is 56.6 Å². The van der Waals surface area contributed by atoms with Crippen LogP contribution in [0.4, 0.5) is 11.4 Å². The molecule has 2 aromatic rings. The maximum absolute atomic E-state index is 4.15. The Morgan fingerprint density at radius 3 is 2.18 bits per heavy atom. The van der Waals surface area contributed by atoms with E-state index >= 15 is 0 Å². The SMILES string of the molecule is Ic1ccccc1N=NNc1ccccc1I. The van der Waals surface area contributed by atoms with Crippen molar-refractivity contribution in [3.05, 3.63) is 55.7 Å². The van der Waals surface area contributed by atoms with Crippen LogP contribution in [0.1, 0.15) is 0 Å². The van der Waals surface area contributed by atoms with E-state index in [4.69, 9.17) is 0 Å². The van der Waals surface area contributed by atoms with E-state index in [-0.39, 0.29) is 0 Å². The molecule has 1 N–H and O–H groups in total. The van der Waals surface area contributed by atoms with Gasteiger partial charge in [-0.15, -0.1) is 5.11 Å². The van der Waals surface area contributed by atoms with Crippen molar-refractivity contribution in [2.24, 2.45) is 10.3 Å². The minimum atomic E-state index is 0.867. The van der Waals surface area contributed by atoms with Crippen LogP contribution in [0.5, 0.6) is 0 Å². The minimum absolute atomic E-state index is 0.867. The van der Waals surface area contributed by atoms with Gasteiger partial charge < -0.3 is 0 Å². The lowest BCUT2D eigenvalue weighted by Crippen LogP contribution is -1.89. The van der Waals surface area contributed by atoms with Gasteiger partial charge in [0, 0.05) is 7.14 Å². The number of rotatable bonds is 3. The average molecular weight is 449 g/mol. The smallest absolute Gasteiger partial charge is 0.101 e. The molecule has 17 heavy (non-hydrogen) atoms. The Balaban J connectivity index is 2.09. The molecule has 0 fully saturated rings. The van der Waals surface area contributed by atoms with E-state index in [1.54, 1.807) is 0 Å². The zero-order valence-electron chi connectivity index (χ0n) is 8.77. The van der Waals surface area contributed by atoms with Gasteiger partial charge in [0.1, 0.15) is 5.69 Å². The highest BCUT2D eigenvalue weighted by atomic mass is 127. The van der Waals surface area contributed by atoms with Gasteiger partial charge in [0.05, 0.1) is 5.69 Å². The molecule has 0 aromatic heterocycles. The summed E-state index contributed by atoms with van der Waals surface area (Å²) in [5.41, 5.74) is 4.76. The van der Waals surface area contributed by atoms with Crippen molar-refractivity contribution in [3.63, 3.8) is 0 Å². The Kier molecular flexibility index (Phi) is 4.72. The van der Waals surface area contributed by atoms with E-state index in [2.05, 4.69) is 60.9 Å². The first-order chi connectivity index (χ1) is 8.27. The van der Waals surface area contributed by atoms with Crippen molar-refractivity contribution in [1.29, 1.82) is 0 Å². The zero-order chi connectivity index (χ0) is 12.1. The Bertz CT molecular complexity index is 541. The Labute approximate surface area is 127 Å². The maximum Gasteiger partial charge on any atom is 0.101 e. The molecule has 3 nitrogen and oxygen atoms in total. The molecule has 0 saturated carbocycles. The van der Waals surface area contributed by atoms with Crippen LogP contribution in [0.25, 0.3) is 0 Å². The van der Waals surface area contributed by atoms with Crippen LogP contribution >= 0.6 is 45.2 Å². The van der Waals surface area contributed by atoms with Gasteiger partial charge in [0.2, 0.25) is 0 Å². The fourth-order valence-electron chi connectivity index (χ4n) is 1.22. The Hall–Kier alpha value is -0.700. The molecule has 0 aliphatic heterocycles. The molecule has 0 aliphatic rings. The van der Waals surface area contributed by atoms with Crippen LogP contribution in [0, 0.1) is 7.14 Å². The van der Waals surface area contributed by atoms with Crippen LogP contribution in [-0.2, 0) is 0 Å². The summed E-state index contributed by atoms with van der Waals surface area (Å²) in [5.74, 6) is 0. The van der Waals surface area contributed by atoms with Crippen LogP contribution in [0.3, 0.4) is 0 Å². The highest BCUT2D eigenvalue weighted by Gasteiger charge is 1.97. The molecule has 0 amide bonds. The standard InChI is InChI=1S/C12H9I2N3/c13-9-5-1-3-7-11(9)15-17-16-12-8-4-2-6-10(12)14/h1-8H,(H,15,16). The van der Waals surface area contributed by atoms with E-state index in [1.165, 1.54) is 0 Å². The third-order valence-corrected chi connectivity index (χ3v) is 3.91. The first kappa shape index (κ1) is 12.7. The van der Waals surface area contributed by atoms with Gasteiger partial charge in [-0.3, -0.25) is 5.43 Å². The number of hydrogen-bond donors (Lipinski definition) is 1. The van der Waals surface area contributed by atoms with E-state index < -0.39 is 0 Å². The van der Waals surface area contributed by atoms with Gasteiger partial charge in [-0.05, 0) is 69.4 Å². The lowest BCUT2D eigenvalue weighted by molar-refractivity contribution is 1.12. The highest BCUT2D eigenvalue weighted by Crippen LogP contribution is 2.21. The number of nitrogens with one attached hydrogen (secondary N) is 1. The van der Waals surface area contributed by atoms with Gasteiger partial charge in [0.15, 0.2) is 0 Å². The van der Waals surface area contributed by atoms with Crippen molar-refractivity contribution in [2.75, 3.05) is 5.43 Å². The van der Waals surface area contributed by atoms with E-state index in [1.807, 2.05) is 48.5 Å². The molecule has 2 aromatic carbocycles. The molecule has 0 radical (unpaired) electrons. The predicted molar refractivity (Wildman–Crippen MR) is 86.5 cm³/mol. The number of hydrogen-bond acceptors (Lipinski definition) is 2. The largest absolute Gasteiger partial charge is 0.259 e. The molecule has 0 unspecified atom stereocenters. The van der Waals surface area contributed by atoms with E-state index in [0.29, 0.717) is 0 Å². The molecule has 0 bridgehead atoms. The van der Waals surface area contributed by atoms with Gasteiger partial charge in [-0.25, -0.2) is 0 Å². The normalized spacial score (nSPS) is 10.7. The number of nitrogens with zero attached hydrogens (tertiary/aromatic N) is 2. The summed E-state index contributed by atoms with van der Waals surface area (Å²) in [7, 11) is 0. The van der Waals surface area contributed by atoms with Crippen molar-refractivity contribution in [1.82, 2.24) is 0 Å². The third-order valence-electron chi connectivity index (χ3n) is 2.05. The lowest BCUT2D eigenvalue weighted by Gasteiger charge is -2.01. The van der Waals surface area contributed by atoms with Gasteiger partial charge >= 0.3 is 0 Å². The first-order valence-electron chi connectivity index (χ1n) is 4.93. The molecule has 0 spiro atoms. The summed E-state index contributed by atoms with van der Waals surface area (Å²) >= 11 is 4.49. The molecule has 0 aliphatic carbocycles. The minimum Gasteiger partial charge on any atom is -0.259 e. The average Bonchev–Trinajstić information content (AvgIpc) is 2.34. The fourth-order valence-corrected chi connectivity index (χ4v) is 2.22. The number of benzene rings is 2. The van der Waals surface area contributed by atoms with Crippen LogP contribution < -0.4 is 5.43 Å². The van der Waals surface area contributed by atoms with Crippen molar-refractivity contribution in [3.8, 4) is 0 Å². The van der Waals surface area contributed by atoms with Gasteiger partial charge in [-0.2, -0.15) is 0 Å². The van der Waals surface area contributed by atoms with Crippen molar-refractivity contribution < 1.29 is 0 Å². The number of halogens is 2. The summed E-state index contributed by atoms with van der Waals surface area (Å²) in [4.78, 5) is 0. The molecule has 0 saturated heterocycles. The van der Waals surface area contributed by atoms with E-state index in [9.17, 15) is 0 Å². The predicted octanol–water partition coefficient (Wildman–Crippen LogP) is 5.01. The maximum atomic E-state index is 4.15. The molecular weight excluding hydrogens is 440 g/mol. The molecular formula is C12H9I2N3. The fraction of sp³-hybridized carbons (Fsp3) is 0. The summed E-state index contributed by atoms with van der Waals surface area (Å²) in [5, 5.41) is 8.14. The molecule has 0 heterocycles. The van der Waals surface area contributed by atoms with Crippen molar-refractivity contribution in [2.45, 2.75) is 0 Å². The second-order valence-electron chi connectivity index (χ2n) is 3.24. The second-order valence-corrected chi connectivity index (χ2v) is 5.57. The van der Waals surface area contributed by atoms with E-state index in [0.717, 1.165) is 18.5 Å². The van der Waals surface area contributed by atoms with Gasteiger partial charge in [0.25, 0.3) is 0 Å². The summed E-state index contributed by atoms with van der Waals surface area (Å²) < 4.78 is 2.20. The Morgan fingerprint density at radius 1 is 0.824 bits per heavy atom. The van der Waals surface area contributed by atoms with Crippen LogP contribution in [-0.4, -0.2) is 0 Å². The first-order valence-corrected chi connectivity index (χ1v) is 7.09. The third kappa shape index (κ3) is 3.63. The molecule has 5 heteroatoms. The highest BCUT2D eigenvalue weighted by molar-refractivity contribution is 14.1. The summed E-state index contributed by atoms with van der Waals surface area (Å²) in [6.07, 6.45) is 0. The summed E-state index contributed by atoms with van der Waals surface area (Å²) in [6.45, 7) is 0. The Morgan fingerprint density at radius 2 is 1.47 bits per heavy atom. The van der Waals surface area contributed by atoms with Gasteiger partial charge in [-0.1, -0.05) is 29.5 Å². The van der Waals surface area contributed by atoms with Crippen LogP contribution in [0.2, 0.25) is 0 Å². The monoisotopic (exact) mass is 449 g/mol. The lowest BCUT2D eigenvalue weighted by atomic mass is 10.3. The number of para-hydroxylation sites is 1. The molecule has 2 rings (SSSR count). The number of anilines is 1. The molecule has 0 atom stereocenters. The quantitative estimate of drug-likeness (QED) is 0.400. The topological polar surface area (TPSA) is 36.8 Å². The van der Waals surface area contributed by atoms with Crippen LogP contribution in [0.15, 0.2) is 58.9 Å².